The zero-order chi connectivity index (χ0) is 25.7. The van der Waals surface area contributed by atoms with Gasteiger partial charge in [-0.2, -0.15) is 0 Å². The predicted octanol–water partition coefficient (Wildman–Crippen LogP) is 4.35. The van der Waals surface area contributed by atoms with Crippen LogP contribution in [0.15, 0.2) is 36.4 Å². The van der Waals surface area contributed by atoms with Crippen LogP contribution in [-0.4, -0.2) is 34.8 Å². The molecule has 1 N–H and O–H groups in total. The van der Waals surface area contributed by atoms with Crippen molar-refractivity contribution in [2.45, 2.75) is 72.2 Å². The number of esters is 1. The molecule has 0 aliphatic carbocycles. The third-order valence-corrected chi connectivity index (χ3v) is 6.35. The average Bonchev–Trinajstić information content (AvgIpc) is 3.13. The maximum atomic E-state index is 14.1. The van der Waals surface area contributed by atoms with E-state index in [2.05, 4.69) is 5.32 Å². The van der Waals surface area contributed by atoms with Crippen LogP contribution in [0, 0.1) is 31.4 Å². The van der Waals surface area contributed by atoms with Crippen molar-refractivity contribution >= 4 is 17.8 Å². The van der Waals surface area contributed by atoms with Crippen molar-refractivity contribution in [3.05, 3.63) is 70.3 Å². The standard InChI is InChI=1S/C27H32F2N2O4/c1-16(2)26(27(34)35-15-20-9-8-17(3)12-18(20)4)30-23(32)13-21-10-11-24(33)31(21)14-19-6-5-7-22(28)25(19)29/h5-9,12,16,21,26H,10-11,13-15H2,1-4H3,(H,30,32)/t21-,26-/m0/s1. The molecule has 8 heteroatoms. The van der Waals surface area contributed by atoms with Gasteiger partial charge in [0.05, 0.1) is 0 Å². The molecule has 1 saturated heterocycles. The van der Waals surface area contributed by atoms with E-state index in [0.29, 0.717) is 6.42 Å². The van der Waals surface area contributed by atoms with E-state index in [4.69, 9.17) is 4.74 Å². The van der Waals surface area contributed by atoms with Crippen LogP contribution in [0.1, 0.15) is 55.4 Å². The first-order valence-corrected chi connectivity index (χ1v) is 11.8. The lowest BCUT2D eigenvalue weighted by Gasteiger charge is -2.26. The van der Waals surface area contributed by atoms with Gasteiger partial charge in [-0.3, -0.25) is 9.59 Å². The summed E-state index contributed by atoms with van der Waals surface area (Å²) in [6.07, 6.45) is 0.601. The highest BCUT2D eigenvalue weighted by Crippen LogP contribution is 2.25. The molecule has 0 aromatic heterocycles. The number of ether oxygens (including phenoxy) is 1. The topological polar surface area (TPSA) is 75.7 Å². The summed E-state index contributed by atoms with van der Waals surface area (Å²) in [6.45, 7) is 7.53. The highest BCUT2D eigenvalue weighted by molar-refractivity contribution is 5.86. The molecule has 2 aromatic carbocycles. The number of amides is 2. The number of carbonyl (C=O) groups is 3. The van der Waals surface area contributed by atoms with Crippen LogP contribution in [0.2, 0.25) is 0 Å². The summed E-state index contributed by atoms with van der Waals surface area (Å²) in [5, 5.41) is 2.74. The van der Waals surface area contributed by atoms with Crippen LogP contribution in [0.3, 0.4) is 0 Å². The summed E-state index contributed by atoms with van der Waals surface area (Å²) in [5.74, 6) is -3.36. The van der Waals surface area contributed by atoms with Gasteiger partial charge in [0.15, 0.2) is 11.6 Å². The Morgan fingerprint density at radius 2 is 1.89 bits per heavy atom. The van der Waals surface area contributed by atoms with Crippen molar-refractivity contribution in [1.82, 2.24) is 10.2 Å². The predicted molar refractivity (Wildman–Crippen MR) is 127 cm³/mol. The summed E-state index contributed by atoms with van der Waals surface area (Å²) >= 11 is 0. The van der Waals surface area contributed by atoms with Crippen LogP contribution in [0.25, 0.3) is 0 Å². The second-order valence-electron chi connectivity index (χ2n) is 9.46. The Morgan fingerprint density at radius 1 is 1.14 bits per heavy atom. The van der Waals surface area contributed by atoms with Gasteiger partial charge < -0.3 is 15.0 Å². The van der Waals surface area contributed by atoms with Crippen LogP contribution >= 0.6 is 0 Å². The first kappa shape index (κ1) is 26.3. The summed E-state index contributed by atoms with van der Waals surface area (Å²) in [7, 11) is 0. The number of carbonyl (C=O) groups excluding carboxylic acids is 3. The monoisotopic (exact) mass is 486 g/mol. The molecule has 0 unspecified atom stereocenters. The minimum atomic E-state index is -0.998. The van der Waals surface area contributed by atoms with Crippen molar-refractivity contribution in [2.75, 3.05) is 0 Å². The quantitative estimate of drug-likeness (QED) is 0.535. The SMILES string of the molecule is Cc1ccc(COC(=O)[C@@H](NC(=O)C[C@@H]2CCC(=O)N2Cc2cccc(F)c2F)C(C)C)c(C)c1. The first-order chi connectivity index (χ1) is 16.6. The van der Waals surface area contributed by atoms with Crippen molar-refractivity contribution in [3.8, 4) is 0 Å². The molecular formula is C27H32F2N2O4. The lowest BCUT2D eigenvalue weighted by molar-refractivity contribution is -0.150. The molecule has 188 valence electrons. The van der Waals surface area contributed by atoms with E-state index in [1.54, 1.807) is 0 Å². The molecule has 6 nitrogen and oxygen atoms in total. The molecule has 1 heterocycles. The van der Waals surface area contributed by atoms with E-state index in [9.17, 15) is 23.2 Å². The van der Waals surface area contributed by atoms with Gasteiger partial charge in [0, 0.05) is 31.0 Å². The number of benzene rings is 2. The van der Waals surface area contributed by atoms with Gasteiger partial charge >= 0.3 is 5.97 Å². The van der Waals surface area contributed by atoms with Crippen LogP contribution in [-0.2, 0) is 32.3 Å². The fourth-order valence-electron chi connectivity index (χ4n) is 4.27. The third-order valence-electron chi connectivity index (χ3n) is 6.35. The molecular weight excluding hydrogens is 454 g/mol. The minimum Gasteiger partial charge on any atom is -0.459 e. The highest BCUT2D eigenvalue weighted by atomic mass is 19.2. The van der Waals surface area contributed by atoms with Crippen molar-refractivity contribution in [2.24, 2.45) is 5.92 Å². The second-order valence-corrected chi connectivity index (χ2v) is 9.46. The molecule has 2 aromatic rings. The summed E-state index contributed by atoms with van der Waals surface area (Å²) in [5.41, 5.74) is 3.08. The molecule has 1 aliphatic heterocycles. The molecule has 0 radical (unpaired) electrons. The molecule has 2 amide bonds. The molecule has 35 heavy (non-hydrogen) atoms. The average molecular weight is 487 g/mol. The van der Waals surface area contributed by atoms with Gasteiger partial charge in [0.1, 0.15) is 12.6 Å². The number of nitrogens with zero attached hydrogens (tertiary/aromatic N) is 1. The lowest BCUT2D eigenvalue weighted by Crippen LogP contribution is -2.47. The molecule has 0 saturated carbocycles. The smallest absolute Gasteiger partial charge is 0.329 e. The van der Waals surface area contributed by atoms with Gasteiger partial charge in [0.25, 0.3) is 0 Å². The summed E-state index contributed by atoms with van der Waals surface area (Å²) < 4.78 is 33.2. The van der Waals surface area contributed by atoms with Gasteiger partial charge in [-0.05, 0) is 43.4 Å². The zero-order valence-corrected chi connectivity index (χ0v) is 20.6. The highest BCUT2D eigenvalue weighted by Gasteiger charge is 2.34. The van der Waals surface area contributed by atoms with Gasteiger partial charge in [-0.1, -0.05) is 49.7 Å². The number of nitrogens with one attached hydrogen (secondary N) is 1. The zero-order valence-electron chi connectivity index (χ0n) is 20.6. The van der Waals surface area contributed by atoms with Crippen LogP contribution in [0.5, 0.6) is 0 Å². The fourth-order valence-corrected chi connectivity index (χ4v) is 4.27. The fraction of sp³-hybridized carbons (Fsp3) is 0.444. The Labute approximate surface area is 204 Å². The Hall–Kier alpha value is -3.29. The van der Waals surface area contributed by atoms with E-state index in [1.807, 2.05) is 45.9 Å². The molecule has 0 bridgehead atoms. The number of aryl methyl sites for hydroxylation is 2. The summed E-state index contributed by atoms with van der Waals surface area (Å²) in [6, 6.07) is 8.37. The van der Waals surface area contributed by atoms with Gasteiger partial charge in [0.2, 0.25) is 11.8 Å². The van der Waals surface area contributed by atoms with Crippen LogP contribution in [0.4, 0.5) is 8.78 Å². The molecule has 2 atom stereocenters. The maximum absolute atomic E-state index is 14.1. The third kappa shape index (κ3) is 6.65. The van der Waals surface area contributed by atoms with Crippen molar-refractivity contribution in [3.63, 3.8) is 0 Å². The minimum absolute atomic E-state index is 0.0454. The maximum Gasteiger partial charge on any atom is 0.329 e. The number of hydrogen-bond donors (Lipinski definition) is 1. The lowest BCUT2D eigenvalue weighted by atomic mass is 10.0. The number of hydrogen-bond acceptors (Lipinski definition) is 4. The number of rotatable bonds is 9. The van der Waals surface area contributed by atoms with E-state index >= 15 is 0 Å². The summed E-state index contributed by atoms with van der Waals surface area (Å²) in [4.78, 5) is 39.4. The normalized spacial score (nSPS) is 16.5. The Kier molecular flexibility index (Phi) is 8.59. The van der Waals surface area contributed by atoms with Crippen molar-refractivity contribution in [1.29, 1.82) is 0 Å². The van der Waals surface area contributed by atoms with Gasteiger partial charge in [-0.15, -0.1) is 0 Å². The molecule has 3 rings (SSSR count). The van der Waals surface area contributed by atoms with E-state index in [0.717, 1.165) is 22.8 Å². The molecule has 0 spiro atoms. The first-order valence-electron chi connectivity index (χ1n) is 11.8. The number of halogens is 2. The molecule has 1 fully saturated rings. The van der Waals surface area contributed by atoms with Gasteiger partial charge in [-0.25, -0.2) is 13.6 Å². The molecule has 1 aliphatic rings. The van der Waals surface area contributed by atoms with E-state index in [1.165, 1.54) is 17.0 Å². The van der Waals surface area contributed by atoms with E-state index in [-0.39, 0.29) is 43.4 Å². The van der Waals surface area contributed by atoms with E-state index < -0.39 is 35.6 Å². The van der Waals surface area contributed by atoms with Crippen molar-refractivity contribution < 1.29 is 27.9 Å². The number of likely N-dealkylation sites (tertiary alicyclic amines) is 1. The Balaban J connectivity index is 1.61. The largest absolute Gasteiger partial charge is 0.459 e. The van der Waals surface area contributed by atoms with Crippen LogP contribution < -0.4 is 5.32 Å². The Morgan fingerprint density at radius 3 is 2.57 bits per heavy atom. The Bertz CT molecular complexity index is 1100. The second kappa shape index (κ2) is 11.4.